The molecule has 0 bridgehead atoms. The van der Waals surface area contributed by atoms with Crippen LogP contribution in [0.1, 0.15) is 88.4 Å². The minimum absolute atomic E-state index is 0.00389. The average Bonchev–Trinajstić information content (AvgIpc) is 3.22. The van der Waals surface area contributed by atoms with Crippen molar-refractivity contribution >= 4 is 29.7 Å². The van der Waals surface area contributed by atoms with Gasteiger partial charge in [0.05, 0.1) is 22.2 Å². The van der Waals surface area contributed by atoms with E-state index in [1.54, 1.807) is 0 Å². The summed E-state index contributed by atoms with van der Waals surface area (Å²) >= 11 is 0. The fraction of sp³-hybridized carbons (Fsp3) is 0.692. The highest BCUT2D eigenvalue weighted by atomic mass is 16.7. The Labute approximate surface area is 205 Å². The van der Waals surface area contributed by atoms with E-state index in [2.05, 4.69) is 51.0 Å². The Balaban J connectivity index is 0.00000199. The van der Waals surface area contributed by atoms with Gasteiger partial charge in [-0.05, 0) is 85.3 Å². The number of ether oxygens (including phenoxy) is 1. The van der Waals surface area contributed by atoms with Crippen molar-refractivity contribution in [3.05, 3.63) is 24.0 Å². The number of H-pyrrole nitrogens is 1. The maximum Gasteiger partial charge on any atom is 0.494 e. The van der Waals surface area contributed by atoms with Crippen molar-refractivity contribution in [2.24, 2.45) is 5.92 Å². The number of nitrogens with one attached hydrogen (secondary N) is 2. The van der Waals surface area contributed by atoms with Crippen LogP contribution < -0.4 is 10.8 Å². The number of rotatable bonds is 6. The number of aromatic nitrogens is 2. The SMILES string of the molecule is CC.CC(CCc1nc2ccc(B3OC(C)(C)C(C)(C)O3)cc2[nH]1)[C@@H](C)NC(=O)OC(C)(C)C. The van der Waals surface area contributed by atoms with Crippen LogP contribution in [-0.2, 0) is 20.5 Å². The lowest BCUT2D eigenvalue weighted by molar-refractivity contribution is 0.00578. The van der Waals surface area contributed by atoms with Gasteiger partial charge in [-0.1, -0.05) is 26.8 Å². The molecule has 1 unspecified atom stereocenters. The van der Waals surface area contributed by atoms with Crippen LogP contribution in [0, 0.1) is 5.92 Å². The largest absolute Gasteiger partial charge is 0.494 e. The normalized spacial score (nSPS) is 18.7. The van der Waals surface area contributed by atoms with Crippen molar-refractivity contribution in [1.29, 1.82) is 0 Å². The summed E-state index contributed by atoms with van der Waals surface area (Å²) in [7, 11) is -0.393. The minimum atomic E-state index is -0.500. The van der Waals surface area contributed by atoms with Crippen molar-refractivity contribution in [1.82, 2.24) is 15.3 Å². The number of nitrogens with zero attached hydrogens (tertiary/aromatic N) is 1. The monoisotopic (exact) mass is 473 g/mol. The number of aromatic amines is 1. The summed E-state index contributed by atoms with van der Waals surface area (Å²) < 4.78 is 17.7. The van der Waals surface area contributed by atoms with Crippen LogP contribution in [0.4, 0.5) is 4.79 Å². The number of aryl methyl sites for hydroxylation is 1. The molecule has 1 aliphatic heterocycles. The summed E-state index contributed by atoms with van der Waals surface area (Å²) in [6.07, 6.45) is 1.30. The van der Waals surface area contributed by atoms with Crippen molar-refractivity contribution < 1.29 is 18.8 Å². The van der Waals surface area contributed by atoms with E-state index in [1.807, 2.05) is 53.7 Å². The Morgan fingerprint density at radius 3 is 2.29 bits per heavy atom. The van der Waals surface area contributed by atoms with Crippen LogP contribution in [0.3, 0.4) is 0 Å². The smallest absolute Gasteiger partial charge is 0.444 e. The molecule has 0 spiro atoms. The molecule has 0 saturated carbocycles. The molecule has 0 radical (unpaired) electrons. The minimum Gasteiger partial charge on any atom is -0.444 e. The fourth-order valence-electron chi connectivity index (χ4n) is 3.57. The van der Waals surface area contributed by atoms with E-state index in [9.17, 15) is 4.79 Å². The third-order valence-corrected chi connectivity index (χ3v) is 6.51. The lowest BCUT2D eigenvalue weighted by Crippen LogP contribution is -2.41. The summed E-state index contributed by atoms with van der Waals surface area (Å²) in [4.78, 5) is 20.2. The van der Waals surface area contributed by atoms with E-state index in [4.69, 9.17) is 19.0 Å². The van der Waals surface area contributed by atoms with Gasteiger partial charge in [-0.15, -0.1) is 0 Å². The van der Waals surface area contributed by atoms with Gasteiger partial charge in [-0.3, -0.25) is 0 Å². The predicted molar refractivity (Wildman–Crippen MR) is 139 cm³/mol. The number of carbonyl (C=O) groups excluding carboxylic acids is 1. The molecule has 7 nitrogen and oxygen atoms in total. The lowest BCUT2D eigenvalue weighted by Gasteiger charge is -2.32. The van der Waals surface area contributed by atoms with Crippen LogP contribution in [0.15, 0.2) is 18.2 Å². The maximum absolute atomic E-state index is 12.0. The third-order valence-electron chi connectivity index (χ3n) is 6.51. The summed E-state index contributed by atoms with van der Waals surface area (Å²) in [5, 5.41) is 2.93. The van der Waals surface area contributed by atoms with Crippen molar-refractivity contribution in [2.75, 3.05) is 0 Å². The number of hydrogen-bond donors (Lipinski definition) is 2. The molecule has 1 aromatic carbocycles. The van der Waals surface area contributed by atoms with E-state index in [1.165, 1.54) is 0 Å². The van der Waals surface area contributed by atoms with E-state index in [0.717, 1.165) is 35.2 Å². The molecule has 2 heterocycles. The van der Waals surface area contributed by atoms with Crippen molar-refractivity contribution in [3.8, 4) is 0 Å². The number of imidazole rings is 1. The van der Waals surface area contributed by atoms with E-state index < -0.39 is 12.7 Å². The zero-order valence-corrected chi connectivity index (χ0v) is 23.0. The summed E-state index contributed by atoms with van der Waals surface area (Å²) in [5.41, 5.74) is 1.64. The van der Waals surface area contributed by atoms with Gasteiger partial charge in [-0.2, -0.15) is 0 Å². The van der Waals surface area contributed by atoms with Gasteiger partial charge in [0.1, 0.15) is 11.4 Å². The second-order valence-corrected chi connectivity index (χ2v) is 11.0. The van der Waals surface area contributed by atoms with Gasteiger partial charge < -0.3 is 24.3 Å². The molecule has 190 valence electrons. The summed E-state index contributed by atoms with van der Waals surface area (Å²) in [5.74, 6) is 1.21. The van der Waals surface area contributed by atoms with Crippen LogP contribution in [0.5, 0.6) is 0 Å². The van der Waals surface area contributed by atoms with Gasteiger partial charge in [0.15, 0.2) is 0 Å². The molecule has 8 heteroatoms. The third kappa shape index (κ3) is 6.98. The number of alkyl carbamates (subject to hydrolysis) is 1. The number of carbonyl (C=O) groups is 1. The molecule has 2 atom stereocenters. The van der Waals surface area contributed by atoms with Gasteiger partial charge >= 0.3 is 13.2 Å². The molecule has 0 aliphatic carbocycles. The Hall–Kier alpha value is -2.06. The molecule has 1 fully saturated rings. The van der Waals surface area contributed by atoms with Crippen molar-refractivity contribution in [3.63, 3.8) is 0 Å². The van der Waals surface area contributed by atoms with Crippen LogP contribution in [0.25, 0.3) is 11.0 Å². The molecule has 3 rings (SSSR count). The van der Waals surface area contributed by atoms with Crippen LogP contribution >= 0.6 is 0 Å². The fourth-order valence-corrected chi connectivity index (χ4v) is 3.57. The lowest BCUT2D eigenvalue weighted by atomic mass is 9.79. The molecule has 1 amide bonds. The molecular weight excluding hydrogens is 429 g/mol. The highest BCUT2D eigenvalue weighted by molar-refractivity contribution is 6.62. The molecule has 2 N–H and O–H groups in total. The maximum atomic E-state index is 12.0. The Morgan fingerprint density at radius 2 is 1.74 bits per heavy atom. The molecule has 1 aliphatic rings. The number of amides is 1. The van der Waals surface area contributed by atoms with Gasteiger partial charge in [0.25, 0.3) is 0 Å². The van der Waals surface area contributed by atoms with E-state index in [0.29, 0.717) is 0 Å². The van der Waals surface area contributed by atoms with Gasteiger partial charge in [-0.25, -0.2) is 9.78 Å². The predicted octanol–water partition coefficient (Wildman–Crippen LogP) is 5.37. The Kier molecular flexibility index (Phi) is 8.86. The van der Waals surface area contributed by atoms with Crippen LogP contribution in [-0.4, -0.2) is 46.0 Å². The number of fused-ring (bicyclic) bond motifs is 1. The summed E-state index contributed by atoms with van der Waals surface area (Å²) in [6.45, 7) is 21.9. The Bertz CT molecular complexity index is 949. The first-order chi connectivity index (χ1) is 15.7. The number of hydrogen-bond acceptors (Lipinski definition) is 5. The first kappa shape index (κ1) is 28.2. The molecule has 2 aromatic rings. The highest BCUT2D eigenvalue weighted by Crippen LogP contribution is 2.36. The van der Waals surface area contributed by atoms with E-state index in [-0.39, 0.29) is 29.3 Å². The Morgan fingerprint density at radius 1 is 1.15 bits per heavy atom. The van der Waals surface area contributed by atoms with Gasteiger partial charge in [0.2, 0.25) is 0 Å². The topological polar surface area (TPSA) is 85.5 Å². The quantitative estimate of drug-likeness (QED) is 0.551. The first-order valence-electron chi connectivity index (χ1n) is 12.5. The standard InChI is InChI=1S/C24H38BN3O4.C2H6/c1-15(16(2)26-21(29)30-22(3,4)5)10-13-20-27-18-12-11-17(14-19(18)28-20)25-31-23(6,7)24(8,9)32-25;1-2/h11-12,14-16H,10,13H2,1-9H3,(H,26,29)(H,27,28);1-2H3/t15?,16-;/m1./s1. The average molecular weight is 473 g/mol. The highest BCUT2D eigenvalue weighted by Gasteiger charge is 2.51. The van der Waals surface area contributed by atoms with Crippen LogP contribution in [0.2, 0.25) is 0 Å². The van der Waals surface area contributed by atoms with Crippen molar-refractivity contribution in [2.45, 2.75) is 112 Å². The zero-order valence-electron chi connectivity index (χ0n) is 23.0. The second kappa shape index (κ2) is 10.7. The molecule has 34 heavy (non-hydrogen) atoms. The molecule has 1 aromatic heterocycles. The molecule has 1 saturated heterocycles. The molecular formula is C26H44BN3O4. The van der Waals surface area contributed by atoms with E-state index >= 15 is 0 Å². The number of benzene rings is 1. The first-order valence-corrected chi connectivity index (χ1v) is 12.5. The second-order valence-electron chi connectivity index (χ2n) is 11.0. The summed E-state index contributed by atoms with van der Waals surface area (Å²) in [6, 6.07) is 6.09. The van der Waals surface area contributed by atoms with Gasteiger partial charge in [0, 0.05) is 12.5 Å². The zero-order chi connectivity index (χ0) is 25.9.